The Morgan fingerprint density at radius 1 is 1.14 bits per heavy atom. The Bertz CT molecular complexity index is 1020. The average molecular weight is 516 g/mol. The van der Waals surface area contributed by atoms with Gasteiger partial charge in [-0.25, -0.2) is 4.98 Å². The molecule has 0 bridgehead atoms. The minimum atomic E-state index is -0.956. The molecule has 5 rings (SSSR count). The lowest BCUT2D eigenvalue weighted by atomic mass is 9.47. The van der Waals surface area contributed by atoms with Crippen LogP contribution in [0, 0.1) is 28.6 Å². The molecule has 2 unspecified atom stereocenters. The van der Waals surface area contributed by atoms with Crippen molar-refractivity contribution in [3.63, 3.8) is 0 Å². The van der Waals surface area contributed by atoms with Gasteiger partial charge in [-0.3, -0.25) is 9.59 Å². The largest absolute Gasteiger partial charge is 0.483 e. The number of fused-ring (bicyclic) bond motifs is 5. The lowest BCUT2D eigenvalue weighted by Gasteiger charge is -2.58. The number of rotatable bonds is 8. The van der Waals surface area contributed by atoms with Gasteiger partial charge in [0.05, 0.1) is 30.7 Å². The number of hydrogen-bond acceptors (Lipinski definition) is 6. The van der Waals surface area contributed by atoms with Crippen LogP contribution in [-0.2, 0) is 14.3 Å². The predicted octanol–water partition coefficient (Wildman–Crippen LogP) is 6.75. The lowest BCUT2D eigenvalue weighted by molar-refractivity contribution is -0.154. The number of carboxylic acids is 1. The van der Waals surface area contributed by atoms with Crippen molar-refractivity contribution in [2.24, 2.45) is 28.6 Å². The van der Waals surface area contributed by atoms with Crippen molar-refractivity contribution in [1.82, 2.24) is 4.98 Å². The van der Waals surface area contributed by atoms with E-state index in [1.54, 1.807) is 11.3 Å². The number of aromatic nitrogens is 1. The highest BCUT2D eigenvalue weighted by atomic mass is 32.1. The summed E-state index contributed by atoms with van der Waals surface area (Å²) in [5.41, 5.74) is 1.97. The van der Waals surface area contributed by atoms with E-state index >= 15 is 0 Å². The molecule has 0 saturated heterocycles. The van der Waals surface area contributed by atoms with Crippen molar-refractivity contribution in [1.29, 1.82) is 0 Å². The molecule has 1 N–H and O–H groups in total. The van der Waals surface area contributed by atoms with Gasteiger partial charge in [-0.2, -0.15) is 0 Å². The number of thiazole rings is 1. The summed E-state index contributed by atoms with van der Waals surface area (Å²) in [6.45, 7) is 7.89. The van der Waals surface area contributed by atoms with Gasteiger partial charge in [-0.15, -0.1) is 0 Å². The third kappa shape index (κ3) is 4.61. The number of allylic oxidation sites excluding steroid dienone is 1. The van der Waals surface area contributed by atoms with Gasteiger partial charge in [0.25, 0.3) is 0 Å². The maximum absolute atomic E-state index is 12.1. The summed E-state index contributed by atoms with van der Waals surface area (Å²) < 4.78 is 11.6. The van der Waals surface area contributed by atoms with E-state index in [4.69, 9.17) is 19.6 Å². The number of nitrogens with zero attached hydrogens (tertiary/aromatic N) is 1. The molecule has 3 saturated carbocycles. The maximum Gasteiger partial charge on any atom is 0.306 e. The van der Waals surface area contributed by atoms with E-state index in [0.29, 0.717) is 23.2 Å². The molecule has 36 heavy (non-hydrogen) atoms. The standard InChI is InChI=1S/C29H41NO5S/c1-4-15-34-26-17-30-27(36-26)23-8-7-21-20-6-5-18-16-19(35-25(33)10-9-24(31)32)11-13-28(18,2)22(20)12-14-29(21,23)3/h5,17,19-23H,4,6-16H2,1-3H3,(H,31,32)/t19?,20-,21-,22-,23?,28-,29-/m0/s1. The van der Waals surface area contributed by atoms with Crippen molar-refractivity contribution in [3.8, 4) is 5.06 Å². The molecule has 0 amide bonds. The SMILES string of the molecule is CCCOc1cnc(C2CC[C@H]3[C@@H]4CC=C5CC(OC(=O)CCC(=O)O)CC[C@]5(C)[C@H]4CC[C@]23C)s1. The minimum Gasteiger partial charge on any atom is -0.483 e. The molecule has 6 nitrogen and oxygen atoms in total. The van der Waals surface area contributed by atoms with Crippen molar-refractivity contribution in [2.45, 2.75) is 103 Å². The Balaban J connectivity index is 1.27. The van der Waals surface area contributed by atoms with Crippen molar-refractivity contribution in [2.75, 3.05) is 6.61 Å². The summed E-state index contributed by atoms with van der Waals surface area (Å²) in [6, 6.07) is 0. The molecule has 7 atom stereocenters. The molecule has 0 aliphatic heterocycles. The van der Waals surface area contributed by atoms with Crippen LogP contribution < -0.4 is 4.74 Å². The molecule has 198 valence electrons. The number of ether oxygens (including phenoxy) is 2. The molecule has 0 spiro atoms. The van der Waals surface area contributed by atoms with Crippen LogP contribution in [0.15, 0.2) is 17.8 Å². The summed E-state index contributed by atoms with van der Waals surface area (Å²) in [7, 11) is 0. The van der Waals surface area contributed by atoms with Crippen LogP contribution in [-0.4, -0.2) is 34.7 Å². The van der Waals surface area contributed by atoms with E-state index in [1.165, 1.54) is 36.3 Å². The first kappa shape index (κ1) is 25.7. The Labute approximate surface area is 218 Å². The summed E-state index contributed by atoms with van der Waals surface area (Å²) in [5, 5.41) is 11.1. The fraction of sp³-hybridized carbons (Fsp3) is 0.759. The third-order valence-corrected chi connectivity index (χ3v) is 11.2. The second kappa shape index (κ2) is 10.1. The summed E-state index contributed by atoms with van der Waals surface area (Å²) in [5.74, 6) is 1.34. The van der Waals surface area contributed by atoms with Crippen LogP contribution >= 0.6 is 11.3 Å². The molecule has 1 heterocycles. The van der Waals surface area contributed by atoms with E-state index in [9.17, 15) is 9.59 Å². The van der Waals surface area contributed by atoms with Gasteiger partial charge >= 0.3 is 11.9 Å². The smallest absolute Gasteiger partial charge is 0.306 e. The molecule has 0 aromatic carbocycles. The molecule has 1 aromatic rings. The zero-order valence-electron chi connectivity index (χ0n) is 22.0. The van der Waals surface area contributed by atoms with Crippen LogP contribution in [0.3, 0.4) is 0 Å². The first-order valence-electron chi connectivity index (χ1n) is 13.9. The van der Waals surface area contributed by atoms with Crippen molar-refractivity contribution >= 4 is 23.3 Å². The normalized spacial score (nSPS) is 37.3. The number of carboxylic acid groups (broad SMARTS) is 1. The zero-order valence-corrected chi connectivity index (χ0v) is 22.8. The Morgan fingerprint density at radius 3 is 2.75 bits per heavy atom. The van der Waals surface area contributed by atoms with Gasteiger partial charge in [0.15, 0.2) is 5.06 Å². The van der Waals surface area contributed by atoms with E-state index in [0.717, 1.165) is 49.7 Å². The summed E-state index contributed by atoms with van der Waals surface area (Å²) in [6.07, 6.45) is 14.0. The van der Waals surface area contributed by atoms with Crippen LogP contribution in [0.1, 0.15) is 102 Å². The molecule has 3 fully saturated rings. The Kier molecular flexibility index (Phi) is 7.23. The molecule has 1 aromatic heterocycles. The van der Waals surface area contributed by atoms with E-state index in [1.807, 2.05) is 6.20 Å². The van der Waals surface area contributed by atoms with Gasteiger partial charge in [-0.05, 0) is 80.0 Å². The first-order valence-corrected chi connectivity index (χ1v) is 14.8. The lowest BCUT2D eigenvalue weighted by Crippen LogP contribution is -2.50. The van der Waals surface area contributed by atoms with Gasteiger partial charge in [0.2, 0.25) is 0 Å². The Morgan fingerprint density at radius 2 is 1.97 bits per heavy atom. The predicted molar refractivity (Wildman–Crippen MR) is 139 cm³/mol. The number of carbonyl (C=O) groups is 2. The highest BCUT2D eigenvalue weighted by Crippen LogP contribution is 2.68. The quantitative estimate of drug-likeness (QED) is 0.304. The molecule has 4 aliphatic carbocycles. The second-order valence-corrected chi connectivity index (χ2v) is 13.1. The highest BCUT2D eigenvalue weighted by molar-refractivity contribution is 7.13. The number of aliphatic carboxylic acids is 1. The summed E-state index contributed by atoms with van der Waals surface area (Å²) >= 11 is 1.76. The number of carbonyl (C=O) groups excluding carboxylic acids is 1. The van der Waals surface area contributed by atoms with Gasteiger partial charge < -0.3 is 14.6 Å². The minimum absolute atomic E-state index is 0.0421. The van der Waals surface area contributed by atoms with Crippen molar-refractivity contribution < 1.29 is 24.2 Å². The second-order valence-electron chi connectivity index (χ2n) is 12.0. The van der Waals surface area contributed by atoms with Crippen LogP contribution in [0.4, 0.5) is 0 Å². The molecular weight excluding hydrogens is 474 g/mol. The van der Waals surface area contributed by atoms with Crippen molar-refractivity contribution in [3.05, 3.63) is 22.9 Å². The number of esters is 1. The number of hydrogen-bond donors (Lipinski definition) is 1. The average Bonchev–Trinajstić information content (AvgIpc) is 3.45. The zero-order chi connectivity index (χ0) is 25.5. The fourth-order valence-electron chi connectivity index (χ4n) is 8.29. The molecule has 7 heteroatoms. The summed E-state index contributed by atoms with van der Waals surface area (Å²) in [4.78, 5) is 27.7. The highest BCUT2D eigenvalue weighted by Gasteiger charge is 2.59. The third-order valence-electron chi connectivity index (χ3n) is 10.1. The maximum atomic E-state index is 12.1. The fourth-order valence-corrected chi connectivity index (χ4v) is 9.38. The monoisotopic (exact) mass is 515 g/mol. The van der Waals surface area contributed by atoms with E-state index < -0.39 is 5.97 Å². The van der Waals surface area contributed by atoms with Gasteiger partial charge in [0, 0.05) is 12.3 Å². The molecular formula is C29H41NO5S. The van der Waals surface area contributed by atoms with Gasteiger partial charge in [-0.1, -0.05) is 43.8 Å². The molecule has 4 aliphatic rings. The Hall–Kier alpha value is -1.89. The van der Waals surface area contributed by atoms with Crippen LogP contribution in [0.25, 0.3) is 0 Å². The first-order chi connectivity index (χ1) is 17.2. The molecule has 0 radical (unpaired) electrons. The van der Waals surface area contributed by atoms with Crippen LogP contribution in [0.5, 0.6) is 5.06 Å². The van der Waals surface area contributed by atoms with E-state index in [2.05, 4.69) is 26.8 Å². The van der Waals surface area contributed by atoms with Gasteiger partial charge in [0.1, 0.15) is 6.10 Å². The van der Waals surface area contributed by atoms with Crippen LogP contribution in [0.2, 0.25) is 0 Å². The van der Waals surface area contributed by atoms with E-state index in [-0.39, 0.29) is 30.3 Å². The topological polar surface area (TPSA) is 85.7 Å².